The lowest BCUT2D eigenvalue weighted by Crippen LogP contribution is -2.34. The summed E-state index contributed by atoms with van der Waals surface area (Å²) in [5.41, 5.74) is -0.0201. The molecule has 0 bridgehead atoms. The number of aromatic nitrogens is 1. The predicted octanol–water partition coefficient (Wildman–Crippen LogP) is 2.51. The fourth-order valence-corrected chi connectivity index (χ4v) is 2.94. The number of nitrogens with zero attached hydrogens (tertiary/aromatic N) is 1. The van der Waals surface area contributed by atoms with Crippen molar-refractivity contribution in [3.05, 3.63) is 51.5 Å². The minimum absolute atomic E-state index is 0.0502. The lowest BCUT2D eigenvalue weighted by Gasteiger charge is -2.12. The Morgan fingerprint density at radius 2 is 2.00 bits per heavy atom. The molecule has 0 fully saturated rings. The van der Waals surface area contributed by atoms with Gasteiger partial charge in [0, 0.05) is 22.2 Å². The van der Waals surface area contributed by atoms with Gasteiger partial charge in [-0.1, -0.05) is 6.07 Å². The molecule has 21 heavy (non-hydrogen) atoms. The summed E-state index contributed by atoms with van der Waals surface area (Å²) in [6.45, 7) is 3.95. The van der Waals surface area contributed by atoms with E-state index in [1.165, 1.54) is 28.0 Å². The molecule has 2 N–H and O–H groups in total. The van der Waals surface area contributed by atoms with Crippen LogP contribution in [-0.4, -0.2) is 28.0 Å². The number of amides is 1. The number of aromatic carboxylic acids is 1. The molecule has 0 aliphatic heterocycles. The normalized spacial score (nSPS) is 11.9. The van der Waals surface area contributed by atoms with E-state index in [0.717, 1.165) is 6.42 Å². The number of rotatable bonds is 5. The molecule has 110 valence electrons. The van der Waals surface area contributed by atoms with E-state index in [2.05, 4.69) is 10.3 Å². The Morgan fingerprint density at radius 3 is 2.62 bits per heavy atom. The minimum Gasteiger partial charge on any atom is -0.477 e. The lowest BCUT2D eigenvalue weighted by molar-refractivity contribution is 0.0690. The highest BCUT2D eigenvalue weighted by Crippen LogP contribution is 2.16. The molecule has 1 amide bonds. The van der Waals surface area contributed by atoms with Crippen molar-refractivity contribution in [1.82, 2.24) is 10.3 Å². The quantitative estimate of drug-likeness (QED) is 0.889. The van der Waals surface area contributed by atoms with Crippen molar-refractivity contribution in [1.29, 1.82) is 0 Å². The summed E-state index contributed by atoms with van der Waals surface area (Å²) in [5, 5.41) is 11.7. The Morgan fingerprint density at radius 1 is 1.29 bits per heavy atom. The molecule has 6 heteroatoms. The molecule has 5 nitrogen and oxygen atoms in total. The molecule has 0 saturated heterocycles. The number of carbonyl (C=O) groups is 2. The van der Waals surface area contributed by atoms with Crippen LogP contribution in [0.4, 0.5) is 0 Å². The van der Waals surface area contributed by atoms with Crippen molar-refractivity contribution in [2.45, 2.75) is 26.3 Å². The first-order valence-electron chi connectivity index (χ1n) is 6.52. The minimum atomic E-state index is -1.15. The third-order valence-electron chi connectivity index (χ3n) is 2.88. The molecule has 0 aromatic carbocycles. The number of carbonyl (C=O) groups excluding carboxylic acids is 1. The Kier molecular flexibility index (Phi) is 4.70. The van der Waals surface area contributed by atoms with Crippen molar-refractivity contribution in [2.75, 3.05) is 0 Å². The van der Waals surface area contributed by atoms with Crippen molar-refractivity contribution in [3.8, 4) is 0 Å². The average molecular weight is 304 g/mol. The van der Waals surface area contributed by atoms with Crippen molar-refractivity contribution in [2.24, 2.45) is 0 Å². The van der Waals surface area contributed by atoms with Crippen molar-refractivity contribution >= 4 is 23.2 Å². The van der Waals surface area contributed by atoms with Gasteiger partial charge in [0.2, 0.25) is 0 Å². The Labute approximate surface area is 126 Å². The van der Waals surface area contributed by atoms with Gasteiger partial charge >= 0.3 is 5.97 Å². The van der Waals surface area contributed by atoms with Gasteiger partial charge in [-0.25, -0.2) is 9.78 Å². The van der Waals surface area contributed by atoms with Crippen LogP contribution in [0, 0.1) is 6.92 Å². The maximum absolute atomic E-state index is 12.1. The second kappa shape index (κ2) is 6.49. The summed E-state index contributed by atoms with van der Waals surface area (Å²) in [7, 11) is 0. The highest BCUT2D eigenvalue weighted by molar-refractivity contribution is 7.11. The number of aryl methyl sites for hydroxylation is 1. The van der Waals surface area contributed by atoms with E-state index in [9.17, 15) is 9.59 Å². The highest BCUT2D eigenvalue weighted by Gasteiger charge is 2.14. The summed E-state index contributed by atoms with van der Waals surface area (Å²) in [4.78, 5) is 29.2. The first kappa shape index (κ1) is 15.2. The van der Waals surface area contributed by atoms with E-state index >= 15 is 0 Å². The predicted molar refractivity (Wildman–Crippen MR) is 80.9 cm³/mol. The molecule has 2 rings (SSSR count). The largest absolute Gasteiger partial charge is 0.477 e. The molecule has 2 aromatic rings. The van der Waals surface area contributed by atoms with E-state index in [1.54, 1.807) is 11.3 Å². The smallest absolute Gasteiger partial charge is 0.354 e. The molecular weight excluding hydrogens is 288 g/mol. The molecule has 0 aliphatic carbocycles. The van der Waals surface area contributed by atoms with Crippen LogP contribution in [0.1, 0.15) is 37.7 Å². The Balaban J connectivity index is 2.00. The van der Waals surface area contributed by atoms with Crippen LogP contribution in [0.5, 0.6) is 0 Å². The number of hydrogen-bond acceptors (Lipinski definition) is 4. The Hall–Kier alpha value is -2.21. The van der Waals surface area contributed by atoms with Crippen LogP contribution in [0.2, 0.25) is 0 Å². The number of pyridine rings is 1. The van der Waals surface area contributed by atoms with Crippen molar-refractivity contribution < 1.29 is 14.7 Å². The fourth-order valence-electron chi connectivity index (χ4n) is 1.93. The molecular formula is C15H16N2O3S. The summed E-state index contributed by atoms with van der Waals surface area (Å²) >= 11 is 1.70. The molecule has 0 radical (unpaired) electrons. The zero-order valence-electron chi connectivity index (χ0n) is 11.8. The standard InChI is InChI=1S/C15H16N2O3S/c1-9(8-11-7-6-10(2)21-11)16-14(18)12-4-3-5-13(17-12)15(19)20/h3-7,9H,8H2,1-2H3,(H,16,18)(H,19,20). The summed E-state index contributed by atoms with van der Waals surface area (Å²) in [6.07, 6.45) is 0.739. The molecule has 0 saturated carbocycles. The van der Waals surface area contributed by atoms with E-state index in [4.69, 9.17) is 5.11 Å². The van der Waals surface area contributed by atoms with Crippen LogP contribution in [-0.2, 0) is 6.42 Å². The van der Waals surface area contributed by atoms with Gasteiger partial charge in [-0.05, 0) is 38.1 Å². The maximum Gasteiger partial charge on any atom is 0.354 e. The molecule has 1 atom stereocenters. The number of carboxylic acid groups (broad SMARTS) is 1. The van der Waals surface area contributed by atoms with Gasteiger partial charge in [0.25, 0.3) is 5.91 Å². The Bertz CT molecular complexity index is 666. The molecule has 0 aliphatic rings. The van der Waals surface area contributed by atoms with Crippen LogP contribution in [0.25, 0.3) is 0 Å². The zero-order valence-corrected chi connectivity index (χ0v) is 12.6. The third-order valence-corrected chi connectivity index (χ3v) is 3.90. The van der Waals surface area contributed by atoms with Crippen LogP contribution in [0.3, 0.4) is 0 Å². The lowest BCUT2D eigenvalue weighted by atomic mass is 10.2. The van der Waals surface area contributed by atoms with Gasteiger partial charge in [-0.3, -0.25) is 4.79 Å². The molecule has 2 heterocycles. The third kappa shape index (κ3) is 4.13. The van der Waals surface area contributed by atoms with Gasteiger partial charge in [0.05, 0.1) is 0 Å². The zero-order chi connectivity index (χ0) is 15.4. The number of hydrogen-bond donors (Lipinski definition) is 2. The van der Waals surface area contributed by atoms with E-state index in [-0.39, 0.29) is 23.3 Å². The van der Waals surface area contributed by atoms with Crippen LogP contribution >= 0.6 is 11.3 Å². The molecule has 2 aromatic heterocycles. The van der Waals surface area contributed by atoms with Crippen molar-refractivity contribution in [3.63, 3.8) is 0 Å². The number of nitrogens with one attached hydrogen (secondary N) is 1. The highest BCUT2D eigenvalue weighted by atomic mass is 32.1. The molecule has 0 spiro atoms. The average Bonchev–Trinajstić information content (AvgIpc) is 2.83. The SMILES string of the molecule is Cc1ccc(CC(C)NC(=O)c2cccc(C(=O)O)n2)s1. The van der Waals surface area contributed by atoms with Gasteiger partial charge in [-0.15, -0.1) is 11.3 Å². The first-order chi connectivity index (χ1) is 9.95. The summed E-state index contributed by atoms with van der Waals surface area (Å²) in [6, 6.07) is 8.42. The van der Waals surface area contributed by atoms with E-state index < -0.39 is 5.97 Å². The summed E-state index contributed by atoms with van der Waals surface area (Å²) in [5.74, 6) is -1.51. The van der Waals surface area contributed by atoms with Gasteiger partial charge in [-0.2, -0.15) is 0 Å². The summed E-state index contributed by atoms with van der Waals surface area (Å²) < 4.78 is 0. The first-order valence-corrected chi connectivity index (χ1v) is 7.34. The molecule has 1 unspecified atom stereocenters. The number of carboxylic acids is 1. The van der Waals surface area contributed by atoms with Crippen LogP contribution < -0.4 is 5.32 Å². The fraction of sp³-hybridized carbons (Fsp3) is 0.267. The van der Waals surface area contributed by atoms with Gasteiger partial charge in [0.1, 0.15) is 11.4 Å². The second-order valence-electron chi connectivity index (χ2n) is 4.80. The second-order valence-corrected chi connectivity index (χ2v) is 6.18. The van der Waals surface area contributed by atoms with E-state index in [1.807, 2.05) is 26.0 Å². The van der Waals surface area contributed by atoms with Gasteiger partial charge in [0.15, 0.2) is 0 Å². The maximum atomic E-state index is 12.1. The van der Waals surface area contributed by atoms with Gasteiger partial charge < -0.3 is 10.4 Å². The number of thiophene rings is 1. The topological polar surface area (TPSA) is 79.3 Å². The monoisotopic (exact) mass is 304 g/mol. The van der Waals surface area contributed by atoms with E-state index in [0.29, 0.717) is 0 Å². The van der Waals surface area contributed by atoms with Crippen LogP contribution in [0.15, 0.2) is 30.3 Å².